The van der Waals surface area contributed by atoms with Crippen LogP contribution >= 0.6 is 0 Å². The molecule has 1 aliphatic heterocycles. The van der Waals surface area contributed by atoms with Crippen LogP contribution in [0.3, 0.4) is 0 Å². The van der Waals surface area contributed by atoms with E-state index in [1.165, 1.54) is 0 Å². The van der Waals surface area contributed by atoms with Crippen LogP contribution in [-0.4, -0.2) is 29.0 Å². The van der Waals surface area contributed by atoms with Crippen LogP contribution in [0.15, 0.2) is 54.6 Å². The smallest absolute Gasteiger partial charge is 0.303 e. The Morgan fingerprint density at radius 3 is 2.56 bits per heavy atom. The molecule has 0 aromatic heterocycles. The molecule has 27 heavy (non-hydrogen) atoms. The van der Waals surface area contributed by atoms with Crippen molar-refractivity contribution in [3.05, 3.63) is 60.2 Å². The maximum Gasteiger partial charge on any atom is 0.303 e. The van der Waals surface area contributed by atoms with Gasteiger partial charge in [0.05, 0.1) is 18.2 Å². The number of carbonyl (C=O) groups is 3. The van der Waals surface area contributed by atoms with Crippen LogP contribution in [0, 0.1) is 0 Å². The molecule has 0 radical (unpaired) electrons. The molecule has 2 amide bonds. The Kier molecular flexibility index (Phi) is 5.71. The van der Waals surface area contributed by atoms with Gasteiger partial charge in [-0.25, -0.2) is 0 Å². The number of fused-ring (bicyclic) bond motifs is 1. The van der Waals surface area contributed by atoms with Crippen LogP contribution in [0.4, 0.5) is 5.69 Å². The number of hydrogen-bond donors (Lipinski definition) is 3. The van der Waals surface area contributed by atoms with Gasteiger partial charge in [0, 0.05) is 6.42 Å². The molecule has 7 nitrogen and oxygen atoms in total. The highest BCUT2D eigenvalue weighted by molar-refractivity contribution is 5.99. The second-order valence-corrected chi connectivity index (χ2v) is 6.26. The minimum Gasteiger partial charge on any atom is -0.481 e. The van der Waals surface area contributed by atoms with Crippen molar-refractivity contribution in [3.8, 4) is 5.75 Å². The molecular formula is C20H20N2O5. The number of anilines is 1. The molecule has 140 valence electrons. The number of hydrogen-bond acceptors (Lipinski definition) is 4. The number of ether oxygens (including phenoxy) is 1. The van der Waals surface area contributed by atoms with Crippen molar-refractivity contribution in [2.45, 2.75) is 31.4 Å². The van der Waals surface area contributed by atoms with Crippen molar-refractivity contribution in [2.24, 2.45) is 0 Å². The number of carboxylic acid groups (broad SMARTS) is 1. The molecule has 2 atom stereocenters. The average Bonchev–Trinajstić information content (AvgIpc) is 2.66. The van der Waals surface area contributed by atoms with Crippen LogP contribution in [0.2, 0.25) is 0 Å². The molecule has 0 fully saturated rings. The highest BCUT2D eigenvalue weighted by atomic mass is 16.5. The van der Waals surface area contributed by atoms with Gasteiger partial charge in [-0.15, -0.1) is 0 Å². The Hall–Kier alpha value is -3.35. The van der Waals surface area contributed by atoms with Crippen molar-refractivity contribution in [3.63, 3.8) is 0 Å². The normalized spacial score (nSPS) is 16.4. The first-order valence-corrected chi connectivity index (χ1v) is 8.65. The fraction of sp³-hybridized carbons (Fsp3) is 0.250. The number of nitrogens with one attached hydrogen (secondary N) is 2. The Morgan fingerprint density at radius 2 is 1.81 bits per heavy atom. The zero-order valence-corrected chi connectivity index (χ0v) is 14.6. The topological polar surface area (TPSA) is 105 Å². The molecule has 0 saturated carbocycles. The van der Waals surface area contributed by atoms with Gasteiger partial charge in [-0.1, -0.05) is 42.5 Å². The fourth-order valence-electron chi connectivity index (χ4n) is 2.92. The van der Waals surface area contributed by atoms with E-state index in [1.807, 2.05) is 30.3 Å². The van der Waals surface area contributed by atoms with Crippen molar-refractivity contribution in [1.82, 2.24) is 5.32 Å². The number of para-hydroxylation sites is 2. The summed E-state index contributed by atoms with van der Waals surface area (Å²) in [7, 11) is 0. The lowest BCUT2D eigenvalue weighted by atomic mass is 10.0. The van der Waals surface area contributed by atoms with E-state index in [0.29, 0.717) is 11.4 Å². The van der Waals surface area contributed by atoms with E-state index in [9.17, 15) is 14.4 Å². The van der Waals surface area contributed by atoms with Gasteiger partial charge in [0.15, 0.2) is 6.10 Å². The first-order chi connectivity index (χ1) is 13.0. The van der Waals surface area contributed by atoms with Crippen LogP contribution in [0.25, 0.3) is 0 Å². The molecule has 0 saturated heterocycles. The number of carboxylic acids is 1. The van der Waals surface area contributed by atoms with Crippen molar-refractivity contribution in [1.29, 1.82) is 0 Å². The summed E-state index contributed by atoms with van der Waals surface area (Å²) in [6.07, 6.45) is -0.911. The molecule has 2 unspecified atom stereocenters. The van der Waals surface area contributed by atoms with Gasteiger partial charge in [0.1, 0.15) is 5.75 Å². The number of carbonyl (C=O) groups excluding carboxylic acids is 2. The molecule has 0 spiro atoms. The van der Waals surface area contributed by atoms with Gasteiger partial charge in [-0.3, -0.25) is 14.4 Å². The lowest BCUT2D eigenvalue weighted by Crippen LogP contribution is -2.41. The molecular weight excluding hydrogens is 348 g/mol. The fourth-order valence-corrected chi connectivity index (χ4v) is 2.92. The minimum atomic E-state index is -0.934. The lowest BCUT2D eigenvalue weighted by Gasteiger charge is -2.26. The van der Waals surface area contributed by atoms with E-state index in [-0.39, 0.29) is 31.1 Å². The summed E-state index contributed by atoms with van der Waals surface area (Å²) < 4.78 is 5.63. The summed E-state index contributed by atoms with van der Waals surface area (Å²) in [5, 5.41) is 14.5. The lowest BCUT2D eigenvalue weighted by molar-refractivity contribution is -0.137. The molecule has 3 N–H and O–H groups in total. The third-order valence-corrected chi connectivity index (χ3v) is 4.26. The van der Waals surface area contributed by atoms with Crippen molar-refractivity contribution in [2.75, 3.05) is 5.32 Å². The van der Waals surface area contributed by atoms with E-state index < -0.39 is 18.1 Å². The van der Waals surface area contributed by atoms with E-state index in [2.05, 4.69) is 10.6 Å². The predicted octanol–water partition coefficient (Wildman–Crippen LogP) is 2.50. The summed E-state index contributed by atoms with van der Waals surface area (Å²) in [5.41, 5.74) is 1.38. The average molecular weight is 368 g/mol. The van der Waals surface area contributed by atoms with Crippen LogP contribution in [0.5, 0.6) is 5.75 Å². The van der Waals surface area contributed by atoms with E-state index in [1.54, 1.807) is 24.3 Å². The first kappa shape index (κ1) is 18.4. The Labute approximate surface area is 156 Å². The zero-order valence-electron chi connectivity index (χ0n) is 14.6. The van der Waals surface area contributed by atoms with Crippen molar-refractivity contribution < 1.29 is 24.2 Å². The number of amides is 2. The first-order valence-electron chi connectivity index (χ1n) is 8.65. The van der Waals surface area contributed by atoms with Gasteiger partial charge in [-0.2, -0.15) is 0 Å². The number of benzene rings is 2. The van der Waals surface area contributed by atoms with Gasteiger partial charge in [0.2, 0.25) is 5.91 Å². The number of rotatable bonds is 7. The maximum absolute atomic E-state index is 12.5. The highest BCUT2D eigenvalue weighted by Gasteiger charge is 2.30. The van der Waals surface area contributed by atoms with Gasteiger partial charge in [0.25, 0.3) is 5.91 Å². The summed E-state index contributed by atoms with van der Waals surface area (Å²) in [5.74, 6) is -1.18. The van der Waals surface area contributed by atoms with E-state index >= 15 is 0 Å². The second-order valence-electron chi connectivity index (χ2n) is 6.26. The molecule has 1 aliphatic rings. The number of aliphatic carboxylic acids is 1. The molecule has 1 heterocycles. The maximum atomic E-state index is 12.5. The third kappa shape index (κ3) is 4.84. The van der Waals surface area contributed by atoms with E-state index in [0.717, 1.165) is 5.56 Å². The van der Waals surface area contributed by atoms with Gasteiger partial charge in [-0.05, 0) is 24.1 Å². The zero-order chi connectivity index (χ0) is 19.2. The van der Waals surface area contributed by atoms with Gasteiger partial charge >= 0.3 is 5.97 Å². The molecule has 2 aromatic rings. The molecule has 0 bridgehead atoms. The third-order valence-electron chi connectivity index (χ3n) is 4.26. The van der Waals surface area contributed by atoms with E-state index in [4.69, 9.17) is 9.84 Å². The summed E-state index contributed by atoms with van der Waals surface area (Å²) in [6.45, 7) is 0. The summed E-state index contributed by atoms with van der Waals surface area (Å²) in [4.78, 5) is 35.6. The van der Waals surface area contributed by atoms with Crippen LogP contribution in [-0.2, 0) is 14.4 Å². The highest BCUT2D eigenvalue weighted by Crippen LogP contribution is 2.29. The van der Waals surface area contributed by atoms with Gasteiger partial charge < -0.3 is 20.5 Å². The second kappa shape index (κ2) is 8.35. The largest absolute Gasteiger partial charge is 0.481 e. The monoisotopic (exact) mass is 368 g/mol. The Bertz CT molecular complexity index is 837. The van der Waals surface area contributed by atoms with Crippen LogP contribution < -0.4 is 15.4 Å². The predicted molar refractivity (Wildman–Crippen MR) is 98.3 cm³/mol. The molecule has 0 aliphatic carbocycles. The summed E-state index contributed by atoms with van der Waals surface area (Å²) in [6, 6.07) is 15.7. The SMILES string of the molecule is O=C(O)CCC(NC(=O)CC1Oc2ccccc2NC1=O)c1ccccc1. The van der Waals surface area contributed by atoms with Crippen LogP contribution in [0.1, 0.15) is 30.9 Å². The minimum absolute atomic E-state index is 0.0758. The molecule has 7 heteroatoms. The quantitative estimate of drug-likeness (QED) is 0.696. The van der Waals surface area contributed by atoms with Crippen molar-refractivity contribution >= 4 is 23.5 Å². The molecule has 3 rings (SSSR count). The summed E-state index contributed by atoms with van der Waals surface area (Å²) >= 11 is 0. The Morgan fingerprint density at radius 1 is 1.11 bits per heavy atom. The Balaban J connectivity index is 1.65. The standard InChI is InChI=1S/C20H20N2O5/c23-18(12-17-20(26)22-15-8-4-5-9-16(15)27-17)21-14(10-11-19(24)25)13-6-2-1-3-7-13/h1-9,14,17H,10-12H2,(H,21,23)(H,22,26)(H,24,25). The molecule has 2 aromatic carbocycles.